The number of nitrogens with two attached hydrogens (primary N) is 1. The topological polar surface area (TPSA) is 86.5 Å². The van der Waals surface area contributed by atoms with E-state index in [-0.39, 0.29) is 17.9 Å². The second-order valence-corrected chi connectivity index (χ2v) is 7.02. The Kier molecular flexibility index (Phi) is 3.59. The van der Waals surface area contributed by atoms with E-state index in [2.05, 4.69) is 0 Å². The highest BCUT2D eigenvalue weighted by Crippen LogP contribution is 2.43. The molecule has 0 aliphatic heterocycles. The van der Waals surface area contributed by atoms with Crippen LogP contribution in [0.15, 0.2) is 29.2 Å². The van der Waals surface area contributed by atoms with Crippen LogP contribution in [0.2, 0.25) is 5.02 Å². The Bertz CT molecular complexity index is 599. The fourth-order valence-corrected chi connectivity index (χ4v) is 4.02. The molecule has 1 saturated carbocycles. The van der Waals surface area contributed by atoms with Gasteiger partial charge in [0.05, 0.1) is 16.8 Å². The highest BCUT2D eigenvalue weighted by atomic mass is 35.5. The number of hydrogen-bond acceptors (Lipinski definition) is 5. The molecule has 19 heavy (non-hydrogen) atoms. The van der Waals surface area contributed by atoms with E-state index in [4.69, 9.17) is 22.1 Å². The van der Waals surface area contributed by atoms with Gasteiger partial charge in [0.15, 0.2) is 9.84 Å². The van der Waals surface area contributed by atoms with Gasteiger partial charge in [0.1, 0.15) is 5.54 Å². The van der Waals surface area contributed by atoms with E-state index in [1.165, 1.54) is 24.3 Å². The average Bonchev–Trinajstić information content (AvgIpc) is 3.05. The summed E-state index contributed by atoms with van der Waals surface area (Å²) in [6.45, 7) is 1.82. The quantitative estimate of drug-likeness (QED) is 0.843. The van der Waals surface area contributed by atoms with Crippen molar-refractivity contribution in [1.29, 1.82) is 0 Å². The monoisotopic (exact) mass is 303 g/mol. The molecule has 5 nitrogen and oxygen atoms in total. The van der Waals surface area contributed by atoms with E-state index in [0.717, 1.165) is 0 Å². The number of ether oxygens (including phenoxy) is 1. The first-order valence-electron chi connectivity index (χ1n) is 5.78. The van der Waals surface area contributed by atoms with Crippen molar-refractivity contribution in [2.45, 2.75) is 29.0 Å². The summed E-state index contributed by atoms with van der Waals surface area (Å²) in [7, 11) is -3.64. The molecular formula is C12H14ClNO4S. The second-order valence-electron chi connectivity index (χ2n) is 4.45. The van der Waals surface area contributed by atoms with Crippen LogP contribution in [0.5, 0.6) is 0 Å². The number of esters is 1. The summed E-state index contributed by atoms with van der Waals surface area (Å²) >= 11 is 5.71. The van der Waals surface area contributed by atoms with E-state index in [9.17, 15) is 13.2 Å². The molecule has 0 radical (unpaired) electrons. The van der Waals surface area contributed by atoms with Crippen LogP contribution in [-0.2, 0) is 19.4 Å². The van der Waals surface area contributed by atoms with Crippen molar-refractivity contribution >= 4 is 27.4 Å². The summed E-state index contributed by atoms with van der Waals surface area (Å²) in [6, 6.07) is 5.78. The molecule has 104 valence electrons. The molecule has 0 amide bonds. The molecule has 2 atom stereocenters. The van der Waals surface area contributed by atoms with E-state index < -0.39 is 26.6 Å². The van der Waals surface area contributed by atoms with Gasteiger partial charge < -0.3 is 10.5 Å². The van der Waals surface area contributed by atoms with Gasteiger partial charge in [-0.1, -0.05) is 11.6 Å². The van der Waals surface area contributed by atoms with Gasteiger partial charge >= 0.3 is 5.97 Å². The first-order valence-corrected chi connectivity index (χ1v) is 7.70. The molecule has 0 bridgehead atoms. The molecule has 0 saturated heterocycles. The van der Waals surface area contributed by atoms with Crippen LogP contribution in [-0.4, -0.2) is 31.8 Å². The van der Waals surface area contributed by atoms with E-state index in [0.29, 0.717) is 5.02 Å². The van der Waals surface area contributed by atoms with Crippen molar-refractivity contribution in [3.63, 3.8) is 0 Å². The third kappa shape index (κ3) is 2.48. The molecule has 0 aromatic heterocycles. The molecule has 0 heterocycles. The van der Waals surface area contributed by atoms with Crippen LogP contribution in [0.1, 0.15) is 13.3 Å². The lowest BCUT2D eigenvalue weighted by Crippen LogP contribution is -2.40. The maximum atomic E-state index is 12.3. The summed E-state index contributed by atoms with van der Waals surface area (Å²) in [6.07, 6.45) is 0.0802. The number of hydrogen-bond donors (Lipinski definition) is 1. The van der Waals surface area contributed by atoms with Gasteiger partial charge in [-0.2, -0.15) is 0 Å². The SMILES string of the molecule is CCOC(=O)[C@]1(N)C[C@@H]1S(=O)(=O)c1ccc(Cl)cc1. The van der Waals surface area contributed by atoms with Gasteiger partial charge in [0.25, 0.3) is 0 Å². The maximum Gasteiger partial charge on any atom is 0.327 e. The van der Waals surface area contributed by atoms with Gasteiger partial charge in [-0.25, -0.2) is 8.42 Å². The third-order valence-electron chi connectivity index (χ3n) is 3.11. The first-order chi connectivity index (χ1) is 8.82. The first kappa shape index (κ1) is 14.3. The number of carbonyl (C=O) groups excluding carboxylic acids is 1. The zero-order valence-corrected chi connectivity index (χ0v) is 11.9. The highest BCUT2D eigenvalue weighted by Gasteiger charge is 2.65. The van der Waals surface area contributed by atoms with Crippen LogP contribution in [0, 0.1) is 0 Å². The Morgan fingerprint density at radius 1 is 1.47 bits per heavy atom. The molecule has 2 N–H and O–H groups in total. The van der Waals surface area contributed by atoms with Crippen LogP contribution in [0.25, 0.3) is 0 Å². The van der Waals surface area contributed by atoms with Crippen molar-refractivity contribution < 1.29 is 17.9 Å². The zero-order chi connectivity index (χ0) is 14.3. The lowest BCUT2D eigenvalue weighted by atomic mass is 10.3. The van der Waals surface area contributed by atoms with Crippen molar-refractivity contribution in [2.24, 2.45) is 5.73 Å². The summed E-state index contributed by atoms with van der Waals surface area (Å²) < 4.78 is 29.4. The zero-order valence-electron chi connectivity index (χ0n) is 10.3. The Morgan fingerprint density at radius 3 is 2.58 bits per heavy atom. The molecule has 7 heteroatoms. The summed E-state index contributed by atoms with van der Waals surface area (Å²) in [5.74, 6) is -0.669. The van der Waals surface area contributed by atoms with Crippen LogP contribution >= 0.6 is 11.6 Å². The summed E-state index contributed by atoms with van der Waals surface area (Å²) in [4.78, 5) is 11.7. The van der Waals surface area contributed by atoms with Gasteiger partial charge in [0.2, 0.25) is 0 Å². The fourth-order valence-electron chi connectivity index (χ4n) is 1.90. The minimum absolute atomic E-state index is 0.0802. The lowest BCUT2D eigenvalue weighted by molar-refractivity contribution is -0.145. The summed E-state index contributed by atoms with van der Waals surface area (Å²) in [5.41, 5.74) is 4.37. The second kappa shape index (κ2) is 4.77. The summed E-state index contributed by atoms with van der Waals surface area (Å²) in [5, 5.41) is -0.487. The van der Waals surface area contributed by atoms with Gasteiger partial charge in [-0.05, 0) is 37.6 Å². The standard InChI is InChI=1S/C12H14ClNO4S/c1-2-18-11(15)12(14)7-10(12)19(16,17)9-5-3-8(13)4-6-9/h3-6,10H,2,7,14H2,1H3/t10-,12-/m0/s1. The number of rotatable bonds is 4. The lowest BCUT2D eigenvalue weighted by Gasteiger charge is -2.10. The molecule has 1 fully saturated rings. The number of halogens is 1. The Hall–Kier alpha value is -1.11. The predicted molar refractivity (Wildman–Crippen MR) is 70.6 cm³/mol. The number of sulfone groups is 1. The Labute approximate surface area is 116 Å². The average molecular weight is 304 g/mol. The molecule has 1 aliphatic rings. The Balaban J connectivity index is 2.24. The third-order valence-corrected chi connectivity index (χ3v) is 5.63. The maximum absolute atomic E-state index is 12.3. The van der Waals surface area contributed by atoms with E-state index in [1.54, 1.807) is 6.92 Å². The largest absolute Gasteiger partial charge is 0.465 e. The normalized spacial score (nSPS) is 25.9. The van der Waals surface area contributed by atoms with Crippen LogP contribution < -0.4 is 5.73 Å². The smallest absolute Gasteiger partial charge is 0.327 e. The molecule has 1 aromatic carbocycles. The minimum Gasteiger partial charge on any atom is -0.465 e. The van der Waals surface area contributed by atoms with Crippen molar-refractivity contribution in [3.05, 3.63) is 29.3 Å². The fraction of sp³-hybridized carbons (Fsp3) is 0.417. The number of benzene rings is 1. The molecular weight excluding hydrogens is 290 g/mol. The van der Waals surface area contributed by atoms with Crippen molar-refractivity contribution in [2.75, 3.05) is 6.61 Å². The predicted octanol–water partition coefficient (Wildman–Crippen LogP) is 1.15. The number of carbonyl (C=O) groups is 1. The molecule has 2 rings (SSSR count). The van der Waals surface area contributed by atoms with Crippen LogP contribution in [0.4, 0.5) is 0 Å². The molecule has 0 spiro atoms. The molecule has 0 unspecified atom stereocenters. The van der Waals surface area contributed by atoms with Gasteiger partial charge in [-0.15, -0.1) is 0 Å². The Morgan fingerprint density at radius 2 is 2.05 bits per heavy atom. The van der Waals surface area contributed by atoms with Crippen LogP contribution in [0.3, 0.4) is 0 Å². The van der Waals surface area contributed by atoms with Crippen molar-refractivity contribution in [1.82, 2.24) is 0 Å². The molecule has 1 aliphatic carbocycles. The minimum atomic E-state index is -3.64. The molecule has 1 aromatic rings. The highest BCUT2D eigenvalue weighted by molar-refractivity contribution is 7.92. The van der Waals surface area contributed by atoms with Crippen molar-refractivity contribution in [3.8, 4) is 0 Å². The van der Waals surface area contributed by atoms with Gasteiger partial charge in [0, 0.05) is 5.02 Å². The van der Waals surface area contributed by atoms with E-state index >= 15 is 0 Å². The van der Waals surface area contributed by atoms with Gasteiger partial charge in [-0.3, -0.25) is 4.79 Å². The van der Waals surface area contributed by atoms with E-state index in [1.807, 2.05) is 0 Å².